The smallest absolute Gasteiger partial charge is 0.251 e. The fourth-order valence-corrected chi connectivity index (χ4v) is 3.33. The van der Waals surface area contributed by atoms with Gasteiger partial charge in [-0.25, -0.2) is 0 Å². The highest BCUT2D eigenvalue weighted by molar-refractivity contribution is 7.98. The summed E-state index contributed by atoms with van der Waals surface area (Å²) in [6.07, 6.45) is 2.08. The van der Waals surface area contributed by atoms with E-state index in [0.717, 1.165) is 0 Å². The number of carbonyl (C=O) groups excluding carboxylic acids is 1. The summed E-state index contributed by atoms with van der Waals surface area (Å²) in [5.41, 5.74) is 3.06. The van der Waals surface area contributed by atoms with E-state index >= 15 is 0 Å². The number of aryl methyl sites for hydroxylation is 1. The molecule has 0 heterocycles. The normalized spacial score (nSPS) is 11.1. The van der Waals surface area contributed by atoms with Gasteiger partial charge in [-0.2, -0.15) is 0 Å². The Bertz CT molecular complexity index is 824. The first-order valence-electron chi connectivity index (χ1n) is 9.07. The standard InChI is InChI=1S/C21H28N4O2S/c1-15-8-9-17(19(12-15)28-4)14-25-21(22-2)24-11-10-23-20(26)16-6-5-7-18(13-16)27-3/h5-9,12-13H,10-11,14H2,1-4H3,(H,23,26)(H2,22,24,25). The second kappa shape index (κ2) is 11.2. The number of aliphatic imine (C=N–C) groups is 1. The van der Waals surface area contributed by atoms with E-state index in [1.807, 2.05) is 6.07 Å². The monoisotopic (exact) mass is 400 g/mol. The Balaban J connectivity index is 1.77. The maximum atomic E-state index is 12.2. The van der Waals surface area contributed by atoms with Gasteiger partial charge in [0.2, 0.25) is 0 Å². The summed E-state index contributed by atoms with van der Waals surface area (Å²) in [5.74, 6) is 1.23. The summed E-state index contributed by atoms with van der Waals surface area (Å²) in [6, 6.07) is 13.5. The number of ether oxygens (including phenoxy) is 1. The molecule has 0 saturated carbocycles. The molecule has 0 saturated heterocycles. The molecule has 2 rings (SSSR count). The molecule has 0 radical (unpaired) electrons. The lowest BCUT2D eigenvalue weighted by molar-refractivity contribution is 0.0954. The Morgan fingerprint density at radius 1 is 1.11 bits per heavy atom. The van der Waals surface area contributed by atoms with Gasteiger partial charge in [-0.1, -0.05) is 18.2 Å². The maximum absolute atomic E-state index is 12.2. The number of methoxy groups -OCH3 is 1. The van der Waals surface area contributed by atoms with E-state index in [0.29, 0.717) is 36.9 Å². The van der Waals surface area contributed by atoms with Crippen molar-refractivity contribution in [3.8, 4) is 5.75 Å². The highest BCUT2D eigenvalue weighted by Crippen LogP contribution is 2.21. The number of hydrogen-bond acceptors (Lipinski definition) is 4. The van der Waals surface area contributed by atoms with Crippen molar-refractivity contribution in [2.75, 3.05) is 33.5 Å². The Morgan fingerprint density at radius 2 is 1.89 bits per heavy atom. The van der Waals surface area contributed by atoms with Crippen LogP contribution in [-0.4, -0.2) is 45.4 Å². The van der Waals surface area contributed by atoms with Crippen LogP contribution in [0.4, 0.5) is 0 Å². The molecule has 0 aliphatic carbocycles. The topological polar surface area (TPSA) is 74.8 Å². The van der Waals surface area contributed by atoms with Crippen LogP contribution in [0.3, 0.4) is 0 Å². The minimum Gasteiger partial charge on any atom is -0.497 e. The van der Waals surface area contributed by atoms with Crippen molar-refractivity contribution < 1.29 is 9.53 Å². The fourth-order valence-electron chi connectivity index (χ4n) is 2.62. The van der Waals surface area contributed by atoms with Gasteiger partial charge >= 0.3 is 0 Å². The lowest BCUT2D eigenvalue weighted by Gasteiger charge is -2.14. The molecular weight excluding hydrogens is 372 g/mol. The van der Waals surface area contributed by atoms with Gasteiger partial charge < -0.3 is 20.7 Å². The molecule has 150 valence electrons. The van der Waals surface area contributed by atoms with Gasteiger partial charge in [0, 0.05) is 37.1 Å². The molecule has 0 aliphatic heterocycles. The van der Waals surface area contributed by atoms with Crippen LogP contribution in [0.25, 0.3) is 0 Å². The number of benzene rings is 2. The number of carbonyl (C=O) groups is 1. The largest absolute Gasteiger partial charge is 0.497 e. The first-order valence-corrected chi connectivity index (χ1v) is 10.3. The van der Waals surface area contributed by atoms with E-state index in [9.17, 15) is 4.79 Å². The van der Waals surface area contributed by atoms with Crippen molar-refractivity contribution in [1.29, 1.82) is 0 Å². The van der Waals surface area contributed by atoms with Crippen LogP contribution < -0.4 is 20.7 Å². The van der Waals surface area contributed by atoms with Crippen LogP contribution in [0.5, 0.6) is 5.75 Å². The molecule has 28 heavy (non-hydrogen) atoms. The molecule has 0 bridgehead atoms. The number of rotatable bonds is 8. The van der Waals surface area contributed by atoms with Crippen molar-refractivity contribution in [2.45, 2.75) is 18.4 Å². The zero-order chi connectivity index (χ0) is 20.4. The van der Waals surface area contributed by atoms with E-state index in [1.165, 1.54) is 16.0 Å². The minimum atomic E-state index is -0.132. The molecule has 0 fully saturated rings. The quantitative estimate of drug-likeness (QED) is 0.275. The molecule has 0 aromatic heterocycles. The number of hydrogen-bond donors (Lipinski definition) is 3. The van der Waals surface area contributed by atoms with Crippen LogP contribution in [0, 0.1) is 6.92 Å². The molecule has 7 heteroatoms. The molecule has 0 unspecified atom stereocenters. The third-order valence-corrected chi connectivity index (χ3v) is 4.97. The molecule has 6 nitrogen and oxygen atoms in total. The number of guanidine groups is 1. The highest BCUT2D eigenvalue weighted by atomic mass is 32.2. The van der Waals surface area contributed by atoms with Crippen LogP contribution in [-0.2, 0) is 6.54 Å². The Hall–Kier alpha value is -2.67. The van der Waals surface area contributed by atoms with E-state index < -0.39 is 0 Å². The van der Waals surface area contributed by atoms with E-state index in [4.69, 9.17) is 4.74 Å². The third kappa shape index (κ3) is 6.49. The average Bonchev–Trinajstić information content (AvgIpc) is 2.73. The van der Waals surface area contributed by atoms with Crippen LogP contribution >= 0.6 is 11.8 Å². The average molecular weight is 401 g/mol. The molecule has 3 N–H and O–H groups in total. The van der Waals surface area contributed by atoms with Crippen LogP contribution in [0.1, 0.15) is 21.5 Å². The first kappa shape index (κ1) is 21.6. The Kier molecular flexibility index (Phi) is 8.68. The molecule has 0 aliphatic rings. The Morgan fingerprint density at radius 3 is 2.61 bits per heavy atom. The maximum Gasteiger partial charge on any atom is 0.251 e. The minimum absolute atomic E-state index is 0.132. The molecule has 0 atom stereocenters. The zero-order valence-electron chi connectivity index (χ0n) is 16.8. The Labute approximate surface area is 171 Å². The molecule has 0 spiro atoms. The molecule has 2 aromatic rings. The lowest BCUT2D eigenvalue weighted by Crippen LogP contribution is -2.41. The predicted octanol–water partition coefficient (Wildman–Crippen LogP) is 2.82. The zero-order valence-corrected chi connectivity index (χ0v) is 17.7. The summed E-state index contributed by atoms with van der Waals surface area (Å²) in [7, 11) is 3.31. The van der Waals surface area contributed by atoms with E-state index in [-0.39, 0.29) is 5.91 Å². The van der Waals surface area contributed by atoms with Gasteiger partial charge in [0.15, 0.2) is 5.96 Å². The molecule has 2 aromatic carbocycles. The van der Waals surface area contributed by atoms with Gasteiger partial charge in [-0.3, -0.25) is 9.79 Å². The van der Waals surface area contributed by atoms with Crippen LogP contribution in [0.2, 0.25) is 0 Å². The number of nitrogens with one attached hydrogen (secondary N) is 3. The van der Waals surface area contributed by atoms with Gasteiger partial charge in [-0.15, -0.1) is 11.8 Å². The third-order valence-electron chi connectivity index (χ3n) is 4.15. The fraction of sp³-hybridized carbons (Fsp3) is 0.333. The van der Waals surface area contributed by atoms with Crippen LogP contribution in [0.15, 0.2) is 52.4 Å². The second-order valence-corrected chi connectivity index (χ2v) is 7.00. The van der Waals surface area contributed by atoms with Gasteiger partial charge in [0.05, 0.1) is 7.11 Å². The number of nitrogens with zero attached hydrogens (tertiary/aromatic N) is 1. The molecular formula is C21H28N4O2S. The summed E-state index contributed by atoms with van der Waals surface area (Å²) in [4.78, 5) is 17.7. The highest BCUT2D eigenvalue weighted by Gasteiger charge is 2.07. The van der Waals surface area contributed by atoms with Crippen molar-refractivity contribution in [2.24, 2.45) is 4.99 Å². The first-order chi connectivity index (χ1) is 13.6. The van der Waals surface area contributed by atoms with E-state index in [2.05, 4.69) is 52.3 Å². The summed E-state index contributed by atoms with van der Waals surface area (Å²) in [6.45, 7) is 3.83. The lowest BCUT2D eigenvalue weighted by atomic mass is 10.1. The summed E-state index contributed by atoms with van der Waals surface area (Å²) < 4.78 is 5.15. The second-order valence-electron chi connectivity index (χ2n) is 6.16. The van der Waals surface area contributed by atoms with Crippen molar-refractivity contribution in [3.05, 3.63) is 59.2 Å². The number of thioether (sulfide) groups is 1. The van der Waals surface area contributed by atoms with Crippen molar-refractivity contribution in [1.82, 2.24) is 16.0 Å². The summed E-state index contributed by atoms with van der Waals surface area (Å²) >= 11 is 1.74. The van der Waals surface area contributed by atoms with Crippen molar-refractivity contribution in [3.63, 3.8) is 0 Å². The predicted molar refractivity (Wildman–Crippen MR) is 116 cm³/mol. The van der Waals surface area contributed by atoms with Gasteiger partial charge in [0.1, 0.15) is 5.75 Å². The molecule has 1 amide bonds. The summed E-state index contributed by atoms with van der Waals surface area (Å²) in [5, 5.41) is 9.41. The van der Waals surface area contributed by atoms with Gasteiger partial charge in [0.25, 0.3) is 5.91 Å². The number of amides is 1. The van der Waals surface area contributed by atoms with Gasteiger partial charge in [-0.05, 0) is 48.6 Å². The van der Waals surface area contributed by atoms with Crippen molar-refractivity contribution >= 4 is 23.6 Å². The van der Waals surface area contributed by atoms with E-state index in [1.54, 1.807) is 44.1 Å². The SMILES string of the molecule is CN=C(NCCNC(=O)c1cccc(OC)c1)NCc1ccc(C)cc1SC.